The summed E-state index contributed by atoms with van der Waals surface area (Å²) in [4.78, 5) is 14.4. The Labute approximate surface area is 171 Å². The van der Waals surface area contributed by atoms with E-state index < -0.39 is 0 Å². The van der Waals surface area contributed by atoms with Gasteiger partial charge in [-0.15, -0.1) is 5.10 Å². The molecule has 0 N–H and O–H groups in total. The molecule has 1 amide bonds. The van der Waals surface area contributed by atoms with Gasteiger partial charge < -0.3 is 19.1 Å². The quantitative estimate of drug-likeness (QED) is 0.772. The van der Waals surface area contributed by atoms with Crippen molar-refractivity contribution < 1.29 is 19.0 Å². The molecule has 2 aliphatic rings. The molecule has 1 aromatic carbocycles. The Morgan fingerprint density at radius 2 is 2.00 bits per heavy atom. The smallest absolute Gasteiger partial charge is 0.260 e. The van der Waals surface area contributed by atoms with Crippen molar-refractivity contribution in [2.24, 2.45) is 0 Å². The van der Waals surface area contributed by atoms with Crippen molar-refractivity contribution in [1.29, 1.82) is 0 Å². The van der Waals surface area contributed by atoms with Gasteiger partial charge in [0.2, 0.25) is 5.88 Å². The zero-order valence-corrected chi connectivity index (χ0v) is 17.2. The third-order valence-corrected chi connectivity index (χ3v) is 5.26. The van der Waals surface area contributed by atoms with Gasteiger partial charge in [-0.2, -0.15) is 5.10 Å². The highest BCUT2D eigenvalue weighted by Crippen LogP contribution is 2.41. The van der Waals surface area contributed by atoms with E-state index in [-0.39, 0.29) is 24.2 Å². The Hall–Kier alpha value is -2.83. The number of amides is 1. The largest absolute Gasteiger partial charge is 0.483 e. The fourth-order valence-corrected chi connectivity index (χ4v) is 3.78. The third kappa shape index (κ3) is 4.60. The van der Waals surface area contributed by atoms with E-state index in [1.807, 2.05) is 42.2 Å². The number of aromatic nitrogens is 2. The van der Waals surface area contributed by atoms with Gasteiger partial charge in [0.15, 0.2) is 18.1 Å². The Morgan fingerprint density at radius 3 is 2.72 bits per heavy atom. The molecule has 1 aromatic heterocycles. The third-order valence-electron chi connectivity index (χ3n) is 5.26. The van der Waals surface area contributed by atoms with Gasteiger partial charge in [0.1, 0.15) is 11.7 Å². The van der Waals surface area contributed by atoms with Gasteiger partial charge in [-0.1, -0.05) is 12.1 Å². The lowest BCUT2D eigenvalue weighted by Crippen LogP contribution is -2.43. The molecule has 0 spiro atoms. The van der Waals surface area contributed by atoms with E-state index in [0.717, 1.165) is 36.3 Å². The summed E-state index contributed by atoms with van der Waals surface area (Å²) in [6.07, 6.45) is 2.41. The van der Waals surface area contributed by atoms with Crippen LogP contribution in [0.25, 0.3) is 0 Å². The number of likely N-dealkylation sites (tertiary alicyclic amines) is 1. The lowest BCUT2D eigenvalue weighted by molar-refractivity contribution is -0.135. The number of hydrogen-bond acceptors (Lipinski definition) is 6. The molecular weight excluding hydrogens is 370 g/mol. The maximum absolute atomic E-state index is 12.6. The molecule has 29 heavy (non-hydrogen) atoms. The zero-order chi connectivity index (χ0) is 20.4. The van der Waals surface area contributed by atoms with Gasteiger partial charge in [0.25, 0.3) is 5.91 Å². The molecule has 2 aromatic rings. The molecule has 2 aliphatic heterocycles. The van der Waals surface area contributed by atoms with Gasteiger partial charge in [-0.25, -0.2) is 0 Å². The van der Waals surface area contributed by atoms with Crippen molar-refractivity contribution in [3.63, 3.8) is 0 Å². The standard InChI is InChI=1S/C22H27N3O4/c1-15-7-8-19(24-23-15)28-17-9-11-25(12-10-17)20(26)14-27-18-6-4-5-16-13-22(2,3)29-21(16)18/h4-8,17H,9-14H2,1-3H3. The number of ether oxygens (including phenoxy) is 3. The van der Waals surface area contributed by atoms with Crippen LogP contribution in [0.1, 0.15) is 37.9 Å². The number of rotatable bonds is 5. The Balaban J connectivity index is 1.27. The van der Waals surface area contributed by atoms with Gasteiger partial charge in [-0.3, -0.25) is 4.79 Å². The molecule has 1 fully saturated rings. The summed E-state index contributed by atoms with van der Waals surface area (Å²) in [6, 6.07) is 9.55. The summed E-state index contributed by atoms with van der Waals surface area (Å²) in [7, 11) is 0. The first-order valence-corrected chi connectivity index (χ1v) is 10.1. The highest BCUT2D eigenvalue weighted by molar-refractivity contribution is 5.78. The molecule has 4 rings (SSSR count). The van der Waals surface area contributed by atoms with Crippen LogP contribution in [0.15, 0.2) is 30.3 Å². The van der Waals surface area contributed by atoms with Crippen LogP contribution >= 0.6 is 0 Å². The van der Waals surface area contributed by atoms with E-state index >= 15 is 0 Å². The first-order valence-electron chi connectivity index (χ1n) is 10.1. The maximum Gasteiger partial charge on any atom is 0.260 e. The first-order chi connectivity index (χ1) is 13.9. The second-order valence-electron chi connectivity index (χ2n) is 8.28. The van der Waals surface area contributed by atoms with Crippen molar-refractivity contribution in [3.8, 4) is 17.4 Å². The molecule has 0 saturated carbocycles. The summed E-state index contributed by atoms with van der Waals surface area (Å²) in [5.74, 6) is 1.91. The van der Waals surface area contributed by atoms with Crippen molar-refractivity contribution >= 4 is 5.91 Å². The van der Waals surface area contributed by atoms with Gasteiger partial charge in [-0.05, 0) is 32.9 Å². The fraction of sp³-hybridized carbons (Fsp3) is 0.500. The lowest BCUT2D eigenvalue weighted by atomic mass is 10.0. The van der Waals surface area contributed by atoms with Crippen LogP contribution < -0.4 is 14.2 Å². The number of fused-ring (bicyclic) bond motifs is 1. The number of piperidine rings is 1. The number of carbonyl (C=O) groups is 1. The van der Waals surface area contributed by atoms with Gasteiger partial charge in [0, 0.05) is 44.0 Å². The summed E-state index contributed by atoms with van der Waals surface area (Å²) in [5, 5.41) is 8.05. The van der Waals surface area contributed by atoms with Gasteiger partial charge in [0.05, 0.1) is 5.69 Å². The highest BCUT2D eigenvalue weighted by atomic mass is 16.5. The average molecular weight is 397 g/mol. The second kappa shape index (κ2) is 7.89. The van der Waals surface area contributed by atoms with Crippen LogP contribution in [0.4, 0.5) is 0 Å². The number of carbonyl (C=O) groups excluding carboxylic acids is 1. The van der Waals surface area contributed by atoms with E-state index in [1.165, 1.54) is 0 Å². The summed E-state index contributed by atoms with van der Waals surface area (Å²) < 4.78 is 17.7. The first kappa shape index (κ1) is 19.5. The van der Waals surface area contributed by atoms with Crippen molar-refractivity contribution in [1.82, 2.24) is 15.1 Å². The number of benzene rings is 1. The van der Waals surface area contributed by atoms with Crippen molar-refractivity contribution in [3.05, 3.63) is 41.6 Å². The predicted molar refractivity (Wildman–Crippen MR) is 107 cm³/mol. The van der Waals surface area contributed by atoms with Crippen LogP contribution in [-0.2, 0) is 11.2 Å². The minimum atomic E-state index is -0.241. The summed E-state index contributed by atoms with van der Waals surface area (Å²) in [5.41, 5.74) is 1.74. The number of aryl methyl sites for hydroxylation is 1. The normalized spacial score (nSPS) is 18.1. The van der Waals surface area contributed by atoms with E-state index in [9.17, 15) is 4.79 Å². The Bertz CT molecular complexity index is 874. The van der Waals surface area contributed by atoms with Crippen LogP contribution in [0.2, 0.25) is 0 Å². The monoisotopic (exact) mass is 397 g/mol. The summed E-state index contributed by atoms with van der Waals surface area (Å²) >= 11 is 0. The molecular formula is C22H27N3O4. The Kier molecular flexibility index (Phi) is 5.30. The molecule has 0 bridgehead atoms. The minimum Gasteiger partial charge on any atom is -0.483 e. The summed E-state index contributed by atoms with van der Waals surface area (Å²) in [6.45, 7) is 7.28. The molecule has 7 nitrogen and oxygen atoms in total. The van der Waals surface area contributed by atoms with Gasteiger partial charge >= 0.3 is 0 Å². The molecule has 154 valence electrons. The van der Waals surface area contributed by atoms with E-state index in [2.05, 4.69) is 24.0 Å². The molecule has 7 heteroatoms. The SMILES string of the molecule is Cc1ccc(OC2CCN(C(=O)COc3cccc4c3OC(C)(C)C4)CC2)nn1. The van der Waals surface area contributed by atoms with E-state index in [4.69, 9.17) is 14.2 Å². The zero-order valence-electron chi connectivity index (χ0n) is 17.2. The topological polar surface area (TPSA) is 73.8 Å². The molecule has 3 heterocycles. The minimum absolute atomic E-state index is 0.00913. The van der Waals surface area contributed by atoms with E-state index in [1.54, 1.807) is 0 Å². The average Bonchev–Trinajstić information content (AvgIpc) is 3.03. The Morgan fingerprint density at radius 1 is 1.21 bits per heavy atom. The second-order valence-corrected chi connectivity index (χ2v) is 8.28. The molecule has 0 atom stereocenters. The lowest BCUT2D eigenvalue weighted by Gasteiger charge is -2.31. The molecule has 1 saturated heterocycles. The number of hydrogen-bond donors (Lipinski definition) is 0. The number of para-hydroxylation sites is 1. The molecule has 0 aliphatic carbocycles. The number of nitrogens with zero attached hydrogens (tertiary/aromatic N) is 3. The molecule has 0 radical (unpaired) electrons. The van der Waals surface area contributed by atoms with Crippen LogP contribution in [0.3, 0.4) is 0 Å². The van der Waals surface area contributed by atoms with Crippen molar-refractivity contribution in [2.45, 2.75) is 51.7 Å². The van der Waals surface area contributed by atoms with Crippen molar-refractivity contribution in [2.75, 3.05) is 19.7 Å². The van der Waals surface area contributed by atoms with E-state index in [0.29, 0.717) is 24.7 Å². The van der Waals surface area contributed by atoms with Crippen LogP contribution in [0, 0.1) is 6.92 Å². The van der Waals surface area contributed by atoms with Crippen LogP contribution in [0.5, 0.6) is 17.4 Å². The fourth-order valence-electron chi connectivity index (χ4n) is 3.78. The highest BCUT2D eigenvalue weighted by Gasteiger charge is 2.32. The molecule has 0 unspecified atom stereocenters. The maximum atomic E-state index is 12.6. The predicted octanol–water partition coefficient (Wildman–Crippen LogP) is 2.95. The van der Waals surface area contributed by atoms with Crippen LogP contribution in [-0.4, -0.2) is 52.4 Å².